The van der Waals surface area contributed by atoms with Crippen molar-refractivity contribution in [3.05, 3.63) is 29.3 Å². The number of halogens is 3. The van der Waals surface area contributed by atoms with E-state index in [4.69, 9.17) is 5.73 Å². The molecule has 0 aromatic heterocycles. The molecule has 6 heteroatoms. The van der Waals surface area contributed by atoms with E-state index in [1.807, 2.05) is 0 Å². The van der Waals surface area contributed by atoms with Crippen LogP contribution in [0.2, 0.25) is 0 Å². The van der Waals surface area contributed by atoms with Gasteiger partial charge in [-0.15, -0.1) is 0 Å². The quantitative estimate of drug-likeness (QED) is 0.844. The molecule has 0 radical (unpaired) electrons. The summed E-state index contributed by atoms with van der Waals surface area (Å²) in [4.78, 5) is 4.31. The molecule has 1 aromatic carbocycles. The second-order valence-electron chi connectivity index (χ2n) is 6.23. The monoisotopic (exact) mass is 285 g/mol. The van der Waals surface area contributed by atoms with E-state index in [1.54, 1.807) is 0 Å². The van der Waals surface area contributed by atoms with Crippen molar-refractivity contribution < 1.29 is 13.2 Å². The van der Waals surface area contributed by atoms with Crippen molar-refractivity contribution in [3.8, 4) is 0 Å². The zero-order valence-corrected chi connectivity index (χ0v) is 11.4. The maximum absolute atomic E-state index is 13.0. The van der Waals surface area contributed by atoms with E-state index in [1.165, 1.54) is 12.1 Å². The number of nitrogen functional groups attached to an aromatic ring is 1. The Morgan fingerprint density at radius 2 is 1.85 bits per heavy atom. The first-order valence-corrected chi connectivity index (χ1v) is 6.64. The predicted octanol–water partition coefficient (Wildman–Crippen LogP) is 2.03. The maximum Gasteiger partial charge on any atom is 0.416 e. The van der Waals surface area contributed by atoms with Gasteiger partial charge in [0, 0.05) is 43.8 Å². The van der Waals surface area contributed by atoms with Crippen LogP contribution in [-0.2, 0) is 12.7 Å². The lowest BCUT2D eigenvalue weighted by Gasteiger charge is -2.59. The van der Waals surface area contributed by atoms with E-state index < -0.39 is 11.7 Å². The fourth-order valence-electron chi connectivity index (χ4n) is 3.55. The summed E-state index contributed by atoms with van der Waals surface area (Å²) >= 11 is 0. The Morgan fingerprint density at radius 1 is 1.20 bits per heavy atom. The minimum Gasteiger partial charge on any atom is -0.399 e. The van der Waals surface area contributed by atoms with Crippen LogP contribution >= 0.6 is 0 Å². The number of nitrogens with two attached hydrogens (primary N) is 1. The Morgan fingerprint density at radius 3 is 2.40 bits per heavy atom. The summed E-state index contributed by atoms with van der Waals surface area (Å²) in [6, 6.07) is 4.06. The zero-order valence-electron chi connectivity index (χ0n) is 11.4. The van der Waals surface area contributed by atoms with Crippen LogP contribution in [0.15, 0.2) is 18.2 Å². The molecule has 0 unspecified atom stereocenters. The van der Waals surface area contributed by atoms with Crippen LogP contribution in [0.3, 0.4) is 0 Å². The van der Waals surface area contributed by atoms with Crippen LogP contribution in [0.5, 0.6) is 0 Å². The highest BCUT2D eigenvalue weighted by molar-refractivity contribution is 5.46. The predicted molar refractivity (Wildman–Crippen MR) is 71.1 cm³/mol. The van der Waals surface area contributed by atoms with Crippen molar-refractivity contribution in [2.24, 2.45) is 5.41 Å². The molecular weight excluding hydrogens is 267 g/mol. The molecule has 2 N–H and O–H groups in total. The molecule has 0 aliphatic carbocycles. The Labute approximate surface area is 116 Å². The van der Waals surface area contributed by atoms with Crippen molar-refractivity contribution >= 4 is 5.69 Å². The zero-order chi connectivity index (χ0) is 14.5. The molecule has 1 spiro atoms. The summed E-state index contributed by atoms with van der Waals surface area (Å²) in [5.41, 5.74) is 5.67. The molecule has 20 heavy (non-hydrogen) atoms. The number of benzene rings is 1. The van der Waals surface area contributed by atoms with Gasteiger partial charge in [0.25, 0.3) is 0 Å². The highest BCUT2D eigenvalue weighted by Gasteiger charge is 2.50. The average molecular weight is 285 g/mol. The summed E-state index contributed by atoms with van der Waals surface area (Å²) < 4.78 is 39.0. The standard InChI is InChI=1S/C14H18F3N3/c1-19-6-13(7-19)8-20(9-13)5-10-2-3-11(18)4-12(10)14(15,16)17/h2-4H,5-9,18H2,1H3. The Hall–Kier alpha value is -1.27. The molecule has 2 aliphatic heterocycles. The smallest absolute Gasteiger partial charge is 0.399 e. The van der Waals surface area contributed by atoms with Crippen LogP contribution in [0.25, 0.3) is 0 Å². The number of likely N-dealkylation sites (tertiary alicyclic amines) is 2. The second-order valence-corrected chi connectivity index (χ2v) is 6.23. The molecule has 0 amide bonds. The third-order valence-corrected chi connectivity index (χ3v) is 4.16. The van der Waals surface area contributed by atoms with Gasteiger partial charge in [0.05, 0.1) is 5.56 Å². The van der Waals surface area contributed by atoms with Crippen LogP contribution in [-0.4, -0.2) is 43.0 Å². The van der Waals surface area contributed by atoms with E-state index >= 15 is 0 Å². The molecular formula is C14H18F3N3. The van der Waals surface area contributed by atoms with Crippen molar-refractivity contribution in [1.82, 2.24) is 9.80 Å². The van der Waals surface area contributed by atoms with Gasteiger partial charge in [-0.05, 0) is 24.7 Å². The van der Waals surface area contributed by atoms with E-state index in [-0.39, 0.29) is 5.69 Å². The molecule has 0 bridgehead atoms. The number of nitrogens with zero attached hydrogens (tertiary/aromatic N) is 2. The third kappa shape index (κ3) is 2.38. The summed E-state index contributed by atoms with van der Waals surface area (Å²) in [5, 5.41) is 0. The number of hydrogen-bond donors (Lipinski definition) is 1. The lowest BCUT2D eigenvalue weighted by atomic mass is 9.73. The lowest BCUT2D eigenvalue weighted by molar-refractivity contribution is -0.139. The lowest BCUT2D eigenvalue weighted by Crippen LogP contribution is -2.70. The fraction of sp³-hybridized carbons (Fsp3) is 0.571. The summed E-state index contributed by atoms with van der Waals surface area (Å²) in [7, 11) is 2.07. The Balaban J connectivity index is 1.70. The van der Waals surface area contributed by atoms with Gasteiger partial charge in [-0.3, -0.25) is 4.90 Å². The topological polar surface area (TPSA) is 32.5 Å². The minimum absolute atomic E-state index is 0.154. The van der Waals surface area contributed by atoms with E-state index in [2.05, 4.69) is 16.8 Å². The first kappa shape index (κ1) is 13.7. The molecule has 0 saturated carbocycles. The molecule has 2 aliphatic rings. The van der Waals surface area contributed by atoms with Crippen molar-refractivity contribution in [1.29, 1.82) is 0 Å². The molecule has 110 valence electrons. The van der Waals surface area contributed by atoms with E-state index in [9.17, 15) is 13.2 Å². The van der Waals surface area contributed by atoms with Gasteiger partial charge in [0.2, 0.25) is 0 Å². The van der Waals surface area contributed by atoms with Gasteiger partial charge in [-0.2, -0.15) is 13.2 Å². The maximum atomic E-state index is 13.0. The van der Waals surface area contributed by atoms with Gasteiger partial charge in [0.1, 0.15) is 0 Å². The SMILES string of the molecule is CN1CC2(C1)CN(Cc1ccc(N)cc1C(F)(F)F)C2. The second kappa shape index (κ2) is 4.36. The van der Waals surface area contributed by atoms with Gasteiger partial charge >= 0.3 is 6.18 Å². The number of rotatable bonds is 2. The minimum atomic E-state index is -4.34. The summed E-state index contributed by atoms with van der Waals surface area (Å²) in [6.07, 6.45) is -4.34. The van der Waals surface area contributed by atoms with Gasteiger partial charge < -0.3 is 10.6 Å². The molecule has 3 nitrogen and oxygen atoms in total. The molecule has 1 aromatic rings. The van der Waals surface area contributed by atoms with Crippen LogP contribution in [0.4, 0.5) is 18.9 Å². The first-order chi connectivity index (χ1) is 9.27. The molecule has 3 rings (SSSR count). The Kier molecular flexibility index (Phi) is 2.99. The van der Waals surface area contributed by atoms with Crippen LogP contribution in [0, 0.1) is 5.41 Å². The summed E-state index contributed by atoms with van der Waals surface area (Å²) in [5.74, 6) is 0. The molecule has 2 heterocycles. The molecule has 2 saturated heterocycles. The number of anilines is 1. The van der Waals surface area contributed by atoms with Crippen molar-refractivity contribution in [3.63, 3.8) is 0 Å². The van der Waals surface area contributed by atoms with Gasteiger partial charge in [-0.1, -0.05) is 6.07 Å². The Bertz CT molecular complexity index is 513. The van der Waals surface area contributed by atoms with Crippen molar-refractivity contribution in [2.45, 2.75) is 12.7 Å². The molecule has 2 fully saturated rings. The van der Waals surface area contributed by atoms with Gasteiger partial charge in [0.15, 0.2) is 0 Å². The number of hydrogen-bond acceptors (Lipinski definition) is 3. The normalized spacial score (nSPS) is 22.6. The number of alkyl halides is 3. The van der Waals surface area contributed by atoms with Crippen LogP contribution in [0.1, 0.15) is 11.1 Å². The summed E-state index contributed by atoms with van der Waals surface area (Å²) in [6.45, 7) is 4.23. The largest absolute Gasteiger partial charge is 0.416 e. The third-order valence-electron chi connectivity index (χ3n) is 4.16. The van der Waals surface area contributed by atoms with Gasteiger partial charge in [-0.25, -0.2) is 0 Å². The first-order valence-electron chi connectivity index (χ1n) is 6.64. The van der Waals surface area contributed by atoms with Crippen LogP contribution < -0.4 is 5.73 Å². The fourth-order valence-corrected chi connectivity index (χ4v) is 3.55. The molecule has 0 atom stereocenters. The highest BCUT2D eigenvalue weighted by Crippen LogP contribution is 2.40. The average Bonchev–Trinajstić information content (AvgIpc) is 2.25. The highest BCUT2D eigenvalue weighted by atomic mass is 19.4. The van der Waals surface area contributed by atoms with Crippen molar-refractivity contribution in [2.75, 3.05) is 39.0 Å². The van der Waals surface area contributed by atoms with E-state index in [0.29, 0.717) is 17.5 Å². The van der Waals surface area contributed by atoms with E-state index in [0.717, 1.165) is 32.2 Å².